The Morgan fingerprint density at radius 1 is 1.14 bits per heavy atom. The van der Waals surface area contributed by atoms with E-state index in [0.717, 1.165) is 16.0 Å². The van der Waals surface area contributed by atoms with Crippen LogP contribution in [0.4, 0.5) is 4.39 Å². The minimum atomic E-state index is -1.07. The third-order valence-electron chi connectivity index (χ3n) is 5.89. The van der Waals surface area contributed by atoms with Crippen LogP contribution in [0.3, 0.4) is 0 Å². The maximum Gasteiger partial charge on any atom is 0.268 e. The molecule has 1 fully saturated rings. The van der Waals surface area contributed by atoms with E-state index in [1.54, 1.807) is 19.2 Å². The molecule has 1 atom stereocenters. The fourth-order valence-corrected chi connectivity index (χ4v) is 4.66. The number of halogens is 1. The molecule has 37 heavy (non-hydrogen) atoms. The number of rotatable bonds is 8. The maximum atomic E-state index is 14.8. The van der Waals surface area contributed by atoms with E-state index < -0.39 is 16.6 Å². The first-order valence-corrected chi connectivity index (χ1v) is 12.9. The van der Waals surface area contributed by atoms with Gasteiger partial charge in [-0.25, -0.2) is 9.37 Å². The van der Waals surface area contributed by atoms with Crippen molar-refractivity contribution >= 4 is 10.8 Å². The summed E-state index contributed by atoms with van der Waals surface area (Å²) >= 11 is 0. The summed E-state index contributed by atoms with van der Waals surface area (Å²) in [5.74, 6) is -0.212. The van der Waals surface area contributed by atoms with Crippen molar-refractivity contribution in [3.05, 3.63) is 65.7 Å². The molecule has 2 aromatic heterocycles. The van der Waals surface area contributed by atoms with Crippen LogP contribution in [0.1, 0.15) is 26.5 Å². The van der Waals surface area contributed by atoms with E-state index in [9.17, 15) is 8.60 Å². The Balaban J connectivity index is 0.00000200. The van der Waals surface area contributed by atoms with Gasteiger partial charge in [-0.1, -0.05) is 32.0 Å². The Morgan fingerprint density at radius 3 is 2.51 bits per heavy atom. The summed E-state index contributed by atoms with van der Waals surface area (Å²) in [6, 6.07) is 12.6. The lowest BCUT2D eigenvalue weighted by atomic mass is 10.1. The Hall–Kier alpha value is -3.38. The topological polar surface area (TPSA) is 135 Å². The fourth-order valence-electron chi connectivity index (χ4n) is 3.71. The van der Waals surface area contributed by atoms with Gasteiger partial charge in [0.05, 0.1) is 53.2 Å². The Bertz CT molecular complexity index is 1410. The van der Waals surface area contributed by atoms with E-state index in [1.165, 1.54) is 6.07 Å². The van der Waals surface area contributed by atoms with Crippen LogP contribution in [0.25, 0.3) is 34.3 Å². The molecule has 1 unspecified atom stereocenters. The summed E-state index contributed by atoms with van der Waals surface area (Å²) in [5.41, 5.74) is 3.49. The average Bonchev–Trinajstić information content (AvgIpc) is 3.33. The summed E-state index contributed by atoms with van der Waals surface area (Å²) in [7, 11) is -1.07. The van der Waals surface area contributed by atoms with Gasteiger partial charge in [-0.15, -0.1) is 10.2 Å². The summed E-state index contributed by atoms with van der Waals surface area (Å²) in [6.45, 7) is 7.54. The van der Waals surface area contributed by atoms with Crippen LogP contribution in [0.2, 0.25) is 0 Å². The first kappa shape index (κ1) is 26.7. The van der Waals surface area contributed by atoms with Crippen LogP contribution in [0, 0.1) is 12.7 Å². The lowest BCUT2D eigenvalue weighted by Gasteiger charge is -2.27. The summed E-state index contributed by atoms with van der Waals surface area (Å²) < 4.78 is 38.1. The Morgan fingerprint density at radius 2 is 1.86 bits per heavy atom. The molecule has 0 spiro atoms. The maximum absolute atomic E-state index is 14.8. The standard InChI is InChI=1S/C26H26FN5O3S.H2O.H2/c1-15(2)36(33)20-7-5-18(6-8-20)23-12-28-16(3)24(30-23)26-32-31-25(35-26)21-9-4-17(10-22(21)27)11-29-19-13-34-14-19;;/h4-10,12,15,19,29H,11,13-14H2,1-3H3;1H2;1H. The van der Waals surface area contributed by atoms with Crippen molar-refractivity contribution in [3.8, 4) is 34.3 Å². The second kappa shape index (κ2) is 11.3. The van der Waals surface area contributed by atoms with Crippen LogP contribution >= 0.6 is 0 Å². The molecule has 196 valence electrons. The number of benzene rings is 2. The highest BCUT2D eigenvalue weighted by Crippen LogP contribution is 2.28. The van der Waals surface area contributed by atoms with Crippen molar-refractivity contribution < 1.29 is 24.7 Å². The van der Waals surface area contributed by atoms with Gasteiger partial charge in [0.15, 0.2) is 0 Å². The molecule has 3 N–H and O–H groups in total. The smallest absolute Gasteiger partial charge is 0.268 e. The van der Waals surface area contributed by atoms with Crippen molar-refractivity contribution in [2.24, 2.45) is 0 Å². The van der Waals surface area contributed by atoms with E-state index in [-0.39, 0.29) is 29.5 Å². The zero-order chi connectivity index (χ0) is 25.2. The van der Waals surface area contributed by atoms with E-state index in [1.807, 2.05) is 44.2 Å². The molecule has 0 radical (unpaired) electrons. The Kier molecular flexibility index (Phi) is 8.18. The SMILES string of the molecule is Cc1ncc(-c2ccc(S(=O)C(C)C)cc2)nc1-c1nnc(-c2ccc(CNC3COC3)cc2F)o1.O.[HH]. The summed E-state index contributed by atoms with van der Waals surface area (Å²) in [4.78, 5) is 9.87. The molecule has 3 heterocycles. The van der Waals surface area contributed by atoms with Gasteiger partial charge < -0.3 is 19.9 Å². The molecule has 9 nitrogen and oxygen atoms in total. The molecule has 1 aliphatic heterocycles. The molecule has 2 aromatic carbocycles. The molecule has 0 aliphatic carbocycles. The number of aryl methyl sites for hydroxylation is 1. The van der Waals surface area contributed by atoms with Crippen molar-refractivity contribution in [2.45, 2.75) is 43.5 Å². The normalized spacial score (nSPS) is 14.3. The predicted molar refractivity (Wildman–Crippen MR) is 140 cm³/mol. The average molecular weight is 528 g/mol. The summed E-state index contributed by atoms with van der Waals surface area (Å²) in [5, 5.41) is 11.5. The first-order valence-electron chi connectivity index (χ1n) is 11.7. The molecule has 0 amide bonds. The lowest BCUT2D eigenvalue weighted by molar-refractivity contribution is -0.00579. The van der Waals surface area contributed by atoms with Crippen LogP contribution < -0.4 is 5.32 Å². The van der Waals surface area contributed by atoms with Crippen LogP contribution in [-0.4, -0.2) is 54.4 Å². The minimum absolute atomic E-state index is 0. The van der Waals surface area contributed by atoms with E-state index in [0.29, 0.717) is 42.9 Å². The van der Waals surface area contributed by atoms with Crippen molar-refractivity contribution in [2.75, 3.05) is 13.2 Å². The van der Waals surface area contributed by atoms with Gasteiger partial charge in [0.2, 0.25) is 0 Å². The third kappa shape index (κ3) is 5.80. The molecule has 5 rings (SSSR count). The van der Waals surface area contributed by atoms with Gasteiger partial charge in [-0.2, -0.15) is 0 Å². The molecule has 1 saturated heterocycles. The quantitative estimate of drug-likeness (QED) is 0.366. The van der Waals surface area contributed by atoms with Crippen molar-refractivity contribution in [1.82, 2.24) is 25.5 Å². The molecular weight excluding hydrogens is 497 g/mol. The highest BCUT2D eigenvalue weighted by molar-refractivity contribution is 7.85. The highest BCUT2D eigenvalue weighted by Gasteiger charge is 2.20. The summed E-state index contributed by atoms with van der Waals surface area (Å²) in [6.07, 6.45) is 1.66. The number of nitrogens with one attached hydrogen (secondary N) is 1. The van der Waals surface area contributed by atoms with E-state index >= 15 is 0 Å². The molecule has 0 saturated carbocycles. The zero-order valence-corrected chi connectivity index (χ0v) is 21.5. The minimum Gasteiger partial charge on any atom is -0.414 e. The van der Waals surface area contributed by atoms with E-state index in [2.05, 4.69) is 25.5 Å². The van der Waals surface area contributed by atoms with Gasteiger partial charge >= 0.3 is 0 Å². The fraction of sp³-hybridized carbons (Fsp3) is 0.308. The van der Waals surface area contributed by atoms with Gasteiger partial charge in [-0.3, -0.25) is 9.19 Å². The first-order chi connectivity index (χ1) is 17.4. The lowest BCUT2D eigenvalue weighted by Crippen LogP contribution is -2.45. The molecule has 4 aromatic rings. The van der Waals surface area contributed by atoms with E-state index in [4.69, 9.17) is 9.15 Å². The number of aromatic nitrogens is 4. The number of ether oxygens (including phenoxy) is 1. The van der Waals surface area contributed by atoms with Gasteiger partial charge in [0.1, 0.15) is 11.5 Å². The molecular formula is C26H30FN5O4S. The van der Waals surface area contributed by atoms with Crippen LogP contribution in [0.5, 0.6) is 0 Å². The van der Waals surface area contributed by atoms with Crippen LogP contribution in [-0.2, 0) is 22.1 Å². The second-order valence-electron chi connectivity index (χ2n) is 8.90. The van der Waals surface area contributed by atoms with Gasteiger partial charge in [0.25, 0.3) is 11.8 Å². The number of nitrogens with zero attached hydrogens (tertiary/aromatic N) is 4. The Labute approximate surface area is 217 Å². The van der Waals surface area contributed by atoms with Gasteiger partial charge in [0, 0.05) is 23.7 Å². The second-order valence-corrected chi connectivity index (χ2v) is 10.9. The third-order valence-corrected chi connectivity index (χ3v) is 7.48. The van der Waals surface area contributed by atoms with Gasteiger partial charge in [-0.05, 0) is 36.8 Å². The van der Waals surface area contributed by atoms with Crippen LogP contribution in [0.15, 0.2) is 58.0 Å². The number of hydrogen-bond donors (Lipinski definition) is 1. The molecule has 11 heteroatoms. The zero-order valence-electron chi connectivity index (χ0n) is 20.7. The monoisotopic (exact) mass is 527 g/mol. The largest absolute Gasteiger partial charge is 0.414 e. The van der Waals surface area contributed by atoms with Crippen molar-refractivity contribution in [3.63, 3.8) is 0 Å². The molecule has 0 bridgehead atoms. The van der Waals surface area contributed by atoms with Crippen molar-refractivity contribution in [1.29, 1.82) is 0 Å². The highest BCUT2D eigenvalue weighted by atomic mass is 32.2. The predicted octanol–water partition coefficient (Wildman–Crippen LogP) is 3.73. The number of hydrogen-bond acceptors (Lipinski definition) is 8. The molecule has 1 aliphatic rings.